The van der Waals surface area contributed by atoms with E-state index in [9.17, 15) is 22.8 Å². The summed E-state index contributed by atoms with van der Waals surface area (Å²) in [5.74, 6) is -0.601. The summed E-state index contributed by atoms with van der Waals surface area (Å²) in [4.78, 5) is 27.2. The summed E-state index contributed by atoms with van der Waals surface area (Å²) in [7, 11) is 0. The second kappa shape index (κ2) is 7.97. The topological polar surface area (TPSA) is 80.3 Å². The van der Waals surface area contributed by atoms with Crippen molar-refractivity contribution in [1.29, 1.82) is 0 Å². The van der Waals surface area contributed by atoms with E-state index in [0.717, 1.165) is 16.3 Å². The largest absolute Gasteiger partial charge is 0.440 e. The summed E-state index contributed by atoms with van der Waals surface area (Å²) < 4.78 is 39.6. The molecule has 0 saturated heterocycles. The Hall–Kier alpha value is -2.62. The fourth-order valence-corrected chi connectivity index (χ4v) is 2.43. The maximum atomic E-state index is 11.9. The van der Waals surface area contributed by atoms with Crippen LogP contribution in [0.5, 0.6) is 0 Å². The summed E-state index contributed by atoms with van der Waals surface area (Å²) >= 11 is 1.50. The van der Waals surface area contributed by atoms with Gasteiger partial charge >= 0.3 is 12.3 Å². The highest BCUT2D eigenvalue weighted by atomic mass is 32.1. The van der Waals surface area contributed by atoms with Crippen molar-refractivity contribution in [3.63, 3.8) is 0 Å². The number of rotatable bonds is 5. The van der Waals surface area contributed by atoms with Crippen LogP contribution in [0.1, 0.15) is 5.01 Å². The molecule has 2 amide bonds. The van der Waals surface area contributed by atoms with Crippen LogP contribution in [-0.4, -0.2) is 36.3 Å². The molecule has 2 rings (SSSR count). The lowest BCUT2D eigenvalue weighted by Crippen LogP contribution is -2.35. The molecule has 0 spiro atoms. The molecule has 1 aromatic heterocycles. The average molecular weight is 373 g/mol. The number of nitrogens with zero attached hydrogens (tertiary/aromatic N) is 1. The Morgan fingerprint density at radius 3 is 2.72 bits per heavy atom. The number of ether oxygens (including phenoxy) is 1. The highest BCUT2D eigenvalue weighted by Gasteiger charge is 2.29. The fourth-order valence-electron chi connectivity index (χ4n) is 1.81. The Labute approximate surface area is 145 Å². The number of aryl methyl sites for hydroxylation is 1. The number of halogens is 3. The number of hydrogen-bond acceptors (Lipinski definition) is 5. The molecular formula is C15H14F3N3O3S. The smallest absolute Gasteiger partial charge is 0.422 e. The predicted molar refractivity (Wildman–Crippen MR) is 86.3 cm³/mol. The average Bonchev–Trinajstić information content (AvgIpc) is 2.97. The first kappa shape index (κ1) is 18.7. The molecule has 0 aliphatic carbocycles. The van der Waals surface area contributed by atoms with Gasteiger partial charge in [-0.3, -0.25) is 4.79 Å². The summed E-state index contributed by atoms with van der Waals surface area (Å²) in [5, 5.41) is 7.26. The van der Waals surface area contributed by atoms with Crippen molar-refractivity contribution >= 4 is 29.0 Å². The zero-order valence-electron chi connectivity index (χ0n) is 13.0. The van der Waals surface area contributed by atoms with Crippen molar-refractivity contribution in [2.45, 2.75) is 13.1 Å². The van der Waals surface area contributed by atoms with Gasteiger partial charge < -0.3 is 15.4 Å². The van der Waals surface area contributed by atoms with Crippen molar-refractivity contribution in [2.75, 3.05) is 18.5 Å². The fraction of sp³-hybridized carbons (Fsp3) is 0.267. The standard InChI is InChI=1S/C15H14F3N3O3S/c1-9-20-12(7-25-9)10-3-2-4-11(5-10)21-13(22)6-19-14(23)24-8-15(16,17)18/h2-5,7H,6,8H2,1H3,(H,19,23)(H,21,22). The minimum absolute atomic E-state index is 0.471. The number of thiazole rings is 1. The van der Waals surface area contributed by atoms with E-state index in [1.807, 2.05) is 23.7 Å². The second-order valence-electron chi connectivity index (χ2n) is 4.93. The molecule has 6 nitrogen and oxygen atoms in total. The number of alkyl carbamates (subject to hydrolysis) is 1. The third-order valence-corrected chi connectivity index (χ3v) is 3.59. The summed E-state index contributed by atoms with van der Waals surface area (Å²) in [6, 6.07) is 6.90. The minimum Gasteiger partial charge on any atom is -0.440 e. The molecule has 2 aromatic rings. The second-order valence-corrected chi connectivity index (χ2v) is 5.99. The molecule has 2 N–H and O–H groups in total. The quantitative estimate of drug-likeness (QED) is 0.842. The van der Waals surface area contributed by atoms with Gasteiger partial charge in [0.2, 0.25) is 5.91 Å². The van der Waals surface area contributed by atoms with E-state index in [2.05, 4.69) is 15.0 Å². The van der Waals surface area contributed by atoms with Crippen LogP contribution in [0.4, 0.5) is 23.7 Å². The molecule has 10 heteroatoms. The SMILES string of the molecule is Cc1nc(-c2cccc(NC(=O)CNC(=O)OCC(F)(F)F)c2)cs1. The number of hydrogen-bond donors (Lipinski definition) is 2. The number of carbonyl (C=O) groups is 2. The third-order valence-electron chi connectivity index (χ3n) is 2.82. The number of amides is 2. The molecule has 25 heavy (non-hydrogen) atoms. The van der Waals surface area contributed by atoms with Crippen molar-refractivity contribution in [1.82, 2.24) is 10.3 Å². The van der Waals surface area contributed by atoms with Crippen molar-refractivity contribution in [3.8, 4) is 11.3 Å². The van der Waals surface area contributed by atoms with Crippen molar-refractivity contribution < 1.29 is 27.5 Å². The number of carbonyl (C=O) groups excluding carboxylic acids is 2. The summed E-state index contributed by atoms with van der Waals surface area (Å²) in [5.41, 5.74) is 2.05. The van der Waals surface area contributed by atoms with Gasteiger partial charge in [-0.1, -0.05) is 12.1 Å². The maximum Gasteiger partial charge on any atom is 0.422 e. The van der Waals surface area contributed by atoms with Crippen molar-refractivity contribution in [3.05, 3.63) is 34.7 Å². The molecule has 1 heterocycles. The van der Waals surface area contributed by atoms with Crippen molar-refractivity contribution in [2.24, 2.45) is 0 Å². The number of anilines is 1. The van der Waals surface area contributed by atoms with E-state index in [0.29, 0.717) is 5.69 Å². The van der Waals surface area contributed by atoms with E-state index in [4.69, 9.17) is 0 Å². The predicted octanol–water partition coefficient (Wildman–Crippen LogP) is 3.35. The molecule has 0 bridgehead atoms. The lowest BCUT2D eigenvalue weighted by atomic mass is 10.1. The van der Waals surface area contributed by atoms with E-state index in [-0.39, 0.29) is 0 Å². The van der Waals surface area contributed by atoms with Gasteiger partial charge in [0.1, 0.15) is 6.54 Å². The first-order chi connectivity index (χ1) is 11.7. The first-order valence-electron chi connectivity index (χ1n) is 7.03. The Kier molecular flexibility index (Phi) is 5.97. The monoisotopic (exact) mass is 373 g/mol. The van der Waals surface area contributed by atoms with Crippen LogP contribution in [-0.2, 0) is 9.53 Å². The minimum atomic E-state index is -4.62. The van der Waals surface area contributed by atoms with E-state index in [1.165, 1.54) is 11.3 Å². The molecule has 0 aliphatic heterocycles. The molecular weight excluding hydrogens is 359 g/mol. The Morgan fingerprint density at radius 1 is 1.32 bits per heavy atom. The lowest BCUT2D eigenvalue weighted by molar-refractivity contribution is -0.160. The molecule has 0 saturated carbocycles. The van der Waals surface area contributed by atoms with Gasteiger partial charge in [-0.05, 0) is 19.1 Å². The number of aromatic nitrogens is 1. The van der Waals surface area contributed by atoms with Crippen LogP contribution in [0.3, 0.4) is 0 Å². The van der Waals surface area contributed by atoms with Gasteiger partial charge in [0.25, 0.3) is 0 Å². The Balaban J connectivity index is 1.85. The van der Waals surface area contributed by atoms with Crippen LogP contribution < -0.4 is 10.6 Å². The molecule has 0 radical (unpaired) electrons. The zero-order chi connectivity index (χ0) is 18.4. The maximum absolute atomic E-state index is 11.9. The first-order valence-corrected chi connectivity index (χ1v) is 7.91. The van der Waals surface area contributed by atoms with Crippen LogP contribution in [0.2, 0.25) is 0 Å². The molecule has 0 unspecified atom stereocenters. The molecule has 1 aromatic carbocycles. The number of benzene rings is 1. The van der Waals surface area contributed by atoms with Crippen LogP contribution >= 0.6 is 11.3 Å². The number of alkyl halides is 3. The van der Waals surface area contributed by atoms with Gasteiger partial charge in [0.05, 0.1) is 10.7 Å². The summed E-state index contributed by atoms with van der Waals surface area (Å²) in [6.07, 6.45) is -5.94. The van der Waals surface area contributed by atoms with Gasteiger partial charge in [-0.2, -0.15) is 13.2 Å². The summed E-state index contributed by atoms with van der Waals surface area (Å²) in [6.45, 7) is -0.352. The zero-order valence-corrected chi connectivity index (χ0v) is 13.8. The number of nitrogens with one attached hydrogen (secondary N) is 2. The Bertz CT molecular complexity index is 762. The van der Waals surface area contributed by atoms with Crippen LogP contribution in [0.25, 0.3) is 11.3 Å². The molecule has 0 aliphatic rings. The van der Waals surface area contributed by atoms with Gasteiger partial charge in [-0.15, -0.1) is 11.3 Å². The van der Waals surface area contributed by atoms with Crippen LogP contribution in [0.15, 0.2) is 29.6 Å². The van der Waals surface area contributed by atoms with Gasteiger partial charge in [0.15, 0.2) is 6.61 Å². The molecule has 134 valence electrons. The Morgan fingerprint density at radius 2 is 2.08 bits per heavy atom. The van der Waals surface area contributed by atoms with Gasteiger partial charge in [-0.25, -0.2) is 9.78 Å². The van der Waals surface area contributed by atoms with Crippen LogP contribution in [0, 0.1) is 6.92 Å². The van der Waals surface area contributed by atoms with E-state index >= 15 is 0 Å². The van der Waals surface area contributed by atoms with E-state index < -0.39 is 31.3 Å². The third kappa shape index (κ3) is 6.42. The molecule has 0 atom stereocenters. The van der Waals surface area contributed by atoms with E-state index in [1.54, 1.807) is 18.2 Å². The highest BCUT2D eigenvalue weighted by molar-refractivity contribution is 7.09. The molecule has 0 fully saturated rings. The normalized spacial score (nSPS) is 11.0. The van der Waals surface area contributed by atoms with Gasteiger partial charge in [0, 0.05) is 16.6 Å². The lowest BCUT2D eigenvalue weighted by Gasteiger charge is -2.10. The highest BCUT2D eigenvalue weighted by Crippen LogP contribution is 2.24.